The molecular weight excluding hydrogens is 262 g/mol. The van der Waals surface area contributed by atoms with E-state index in [4.69, 9.17) is 5.84 Å². The first-order valence-corrected chi connectivity index (χ1v) is 8.61. The second-order valence-corrected chi connectivity index (χ2v) is 6.45. The van der Waals surface area contributed by atoms with E-state index in [1.54, 1.807) is 6.33 Å². The van der Waals surface area contributed by atoms with Gasteiger partial charge in [-0.2, -0.15) is 5.10 Å². The Bertz CT molecular complexity index is 395. The summed E-state index contributed by atoms with van der Waals surface area (Å²) in [5.41, 5.74) is 3.05. The first-order chi connectivity index (χ1) is 10.3. The van der Waals surface area contributed by atoms with Crippen LogP contribution in [0.4, 0.5) is 0 Å². The van der Waals surface area contributed by atoms with Crippen molar-refractivity contribution in [3.05, 3.63) is 12.2 Å². The molecule has 0 aliphatic heterocycles. The Kier molecular flexibility index (Phi) is 6.64. The van der Waals surface area contributed by atoms with E-state index in [2.05, 4.69) is 29.4 Å². The van der Waals surface area contributed by atoms with Gasteiger partial charge in [0.25, 0.3) is 0 Å². The lowest BCUT2D eigenvalue weighted by Gasteiger charge is -2.33. The maximum absolute atomic E-state index is 5.83. The zero-order chi connectivity index (χ0) is 15.1. The Labute approximate surface area is 128 Å². The lowest BCUT2D eigenvalue weighted by molar-refractivity contribution is 0.210. The van der Waals surface area contributed by atoms with Crippen LogP contribution in [-0.4, -0.2) is 20.8 Å². The average Bonchev–Trinajstić information content (AvgIpc) is 2.94. The van der Waals surface area contributed by atoms with E-state index in [1.165, 1.54) is 38.5 Å². The SMILES string of the molecule is CCCC1CCC(C(Cc2ncnn2CCC)NN)CC1. The third kappa shape index (κ3) is 4.51. The molecular formula is C16H31N5. The molecule has 0 aromatic carbocycles. The van der Waals surface area contributed by atoms with Crippen LogP contribution in [0.25, 0.3) is 0 Å². The van der Waals surface area contributed by atoms with Crippen molar-refractivity contribution in [1.82, 2.24) is 20.2 Å². The third-order valence-corrected chi connectivity index (χ3v) is 4.91. The van der Waals surface area contributed by atoms with Crippen molar-refractivity contribution < 1.29 is 0 Å². The summed E-state index contributed by atoms with van der Waals surface area (Å²) in [6, 6.07) is 0.326. The summed E-state index contributed by atoms with van der Waals surface area (Å²) in [4.78, 5) is 4.42. The number of nitrogens with two attached hydrogens (primary N) is 1. The van der Waals surface area contributed by atoms with E-state index in [0.717, 1.165) is 31.1 Å². The van der Waals surface area contributed by atoms with Crippen LogP contribution in [0.5, 0.6) is 0 Å². The minimum Gasteiger partial charge on any atom is -0.271 e. The molecule has 1 unspecified atom stereocenters. The molecule has 120 valence electrons. The molecule has 3 N–H and O–H groups in total. The minimum absolute atomic E-state index is 0.326. The fourth-order valence-corrected chi connectivity index (χ4v) is 3.69. The van der Waals surface area contributed by atoms with Gasteiger partial charge in [-0.3, -0.25) is 16.0 Å². The molecule has 2 rings (SSSR count). The molecule has 0 radical (unpaired) electrons. The Hall–Kier alpha value is -0.940. The number of hydrogen-bond acceptors (Lipinski definition) is 4. The van der Waals surface area contributed by atoms with Crippen molar-refractivity contribution in [1.29, 1.82) is 0 Å². The van der Waals surface area contributed by atoms with E-state index in [-0.39, 0.29) is 0 Å². The fourth-order valence-electron chi connectivity index (χ4n) is 3.69. The van der Waals surface area contributed by atoms with Crippen molar-refractivity contribution >= 4 is 0 Å². The van der Waals surface area contributed by atoms with Gasteiger partial charge in [0.15, 0.2) is 0 Å². The van der Waals surface area contributed by atoms with Gasteiger partial charge in [0.2, 0.25) is 0 Å². The van der Waals surface area contributed by atoms with E-state index >= 15 is 0 Å². The number of aromatic nitrogens is 3. The zero-order valence-electron chi connectivity index (χ0n) is 13.6. The molecule has 0 saturated heterocycles. The summed E-state index contributed by atoms with van der Waals surface area (Å²) in [6.07, 6.45) is 11.6. The first kappa shape index (κ1) is 16.4. The van der Waals surface area contributed by atoms with Gasteiger partial charge in [0.05, 0.1) is 0 Å². The highest BCUT2D eigenvalue weighted by Crippen LogP contribution is 2.33. The highest BCUT2D eigenvalue weighted by molar-refractivity contribution is 4.93. The zero-order valence-corrected chi connectivity index (χ0v) is 13.6. The van der Waals surface area contributed by atoms with Gasteiger partial charge in [-0.05, 0) is 31.1 Å². The molecule has 21 heavy (non-hydrogen) atoms. The quantitative estimate of drug-likeness (QED) is 0.571. The molecule has 0 spiro atoms. The molecule has 1 aliphatic rings. The predicted molar refractivity (Wildman–Crippen MR) is 85.5 cm³/mol. The molecule has 1 atom stereocenters. The molecule has 0 amide bonds. The molecule has 1 aliphatic carbocycles. The Morgan fingerprint density at radius 3 is 2.67 bits per heavy atom. The van der Waals surface area contributed by atoms with Crippen molar-refractivity contribution in [3.8, 4) is 0 Å². The van der Waals surface area contributed by atoms with Crippen LogP contribution in [0.2, 0.25) is 0 Å². The lowest BCUT2D eigenvalue weighted by Crippen LogP contribution is -2.44. The maximum Gasteiger partial charge on any atom is 0.138 e. The largest absolute Gasteiger partial charge is 0.271 e. The number of nitrogens with zero attached hydrogens (tertiary/aromatic N) is 3. The topological polar surface area (TPSA) is 68.8 Å². The highest BCUT2D eigenvalue weighted by Gasteiger charge is 2.27. The Morgan fingerprint density at radius 1 is 1.29 bits per heavy atom. The number of rotatable bonds is 8. The fraction of sp³-hybridized carbons (Fsp3) is 0.875. The number of hydrazine groups is 1. The van der Waals surface area contributed by atoms with Crippen LogP contribution in [0.1, 0.15) is 64.6 Å². The van der Waals surface area contributed by atoms with E-state index < -0.39 is 0 Å². The number of nitrogens with one attached hydrogen (secondary N) is 1. The molecule has 1 aromatic rings. The average molecular weight is 293 g/mol. The highest BCUT2D eigenvalue weighted by atomic mass is 15.3. The van der Waals surface area contributed by atoms with Gasteiger partial charge in [-0.1, -0.05) is 39.5 Å². The summed E-state index contributed by atoms with van der Waals surface area (Å²) in [5.74, 6) is 8.51. The Balaban J connectivity index is 1.90. The maximum atomic E-state index is 5.83. The number of aryl methyl sites for hydroxylation is 1. The lowest BCUT2D eigenvalue weighted by atomic mass is 9.76. The van der Waals surface area contributed by atoms with Gasteiger partial charge in [0.1, 0.15) is 12.2 Å². The summed E-state index contributed by atoms with van der Waals surface area (Å²) in [6.45, 7) is 5.39. The molecule has 5 heteroatoms. The van der Waals surface area contributed by atoms with E-state index in [9.17, 15) is 0 Å². The molecule has 0 bridgehead atoms. The predicted octanol–water partition coefficient (Wildman–Crippen LogP) is 2.67. The third-order valence-electron chi connectivity index (χ3n) is 4.91. The number of hydrogen-bond donors (Lipinski definition) is 2. The van der Waals surface area contributed by atoms with Gasteiger partial charge in [0, 0.05) is 19.0 Å². The summed E-state index contributed by atoms with van der Waals surface area (Å²) in [7, 11) is 0. The van der Waals surface area contributed by atoms with Gasteiger partial charge in [-0.15, -0.1) is 0 Å². The van der Waals surface area contributed by atoms with Crippen LogP contribution in [-0.2, 0) is 13.0 Å². The van der Waals surface area contributed by atoms with Crippen LogP contribution < -0.4 is 11.3 Å². The van der Waals surface area contributed by atoms with Crippen LogP contribution in [0, 0.1) is 11.8 Å². The first-order valence-electron chi connectivity index (χ1n) is 8.61. The second-order valence-electron chi connectivity index (χ2n) is 6.45. The van der Waals surface area contributed by atoms with E-state index in [0.29, 0.717) is 12.0 Å². The normalized spacial score (nSPS) is 24.1. The Morgan fingerprint density at radius 2 is 2.05 bits per heavy atom. The summed E-state index contributed by atoms with van der Waals surface area (Å²) >= 11 is 0. The van der Waals surface area contributed by atoms with Gasteiger partial charge >= 0.3 is 0 Å². The minimum atomic E-state index is 0.326. The standard InChI is InChI=1S/C16H31N5/c1-3-5-13-6-8-14(9-7-13)15(20-17)11-16-18-12-19-21(16)10-4-2/h12-15,20H,3-11,17H2,1-2H3. The van der Waals surface area contributed by atoms with Crippen LogP contribution >= 0.6 is 0 Å². The molecule has 1 fully saturated rings. The van der Waals surface area contributed by atoms with Crippen molar-refractivity contribution in [2.24, 2.45) is 17.7 Å². The molecule has 1 aromatic heterocycles. The molecule has 5 nitrogen and oxygen atoms in total. The summed E-state index contributed by atoms with van der Waals surface area (Å²) in [5, 5.41) is 4.31. The molecule has 1 saturated carbocycles. The van der Waals surface area contributed by atoms with Crippen LogP contribution in [0.3, 0.4) is 0 Å². The monoisotopic (exact) mass is 293 g/mol. The molecule has 1 heterocycles. The van der Waals surface area contributed by atoms with Crippen molar-refractivity contribution in [2.75, 3.05) is 0 Å². The van der Waals surface area contributed by atoms with Crippen molar-refractivity contribution in [3.63, 3.8) is 0 Å². The smallest absolute Gasteiger partial charge is 0.138 e. The second kappa shape index (κ2) is 8.49. The summed E-state index contributed by atoms with van der Waals surface area (Å²) < 4.78 is 2.02. The van der Waals surface area contributed by atoms with Gasteiger partial charge in [-0.25, -0.2) is 4.98 Å². The van der Waals surface area contributed by atoms with Crippen LogP contribution in [0.15, 0.2) is 6.33 Å². The van der Waals surface area contributed by atoms with Crippen molar-refractivity contribution in [2.45, 2.75) is 77.8 Å². The van der Waals surface area contributed by atoms with Gasteiger partial charge < -0.3 is 0 Å². The van der Waals surface area contributed by atoms with E-state index in [1.807, 2.05) is 4.68 Å².